The van der Waals surface area contributed by atoms with E-state index in [4.69, 9.17) is 14.6 Å². The van der Waals surface area contributed by atoms with E-state index in [0.717, 1.165) is 0 Å². The van der Waals surface area contributed by atoms with Crippen molar-refractivity contribution in [1.29, 1.82) is 0 Å². The molecule has 1 aliphatic heterocycles. The summed E-state index contributed by atoms with van der Waals surface area (Å²) < 4.78 is 10.5. The maximum Gasteiger partial charge on any atom is 0.187 e. The Hall–Kier alpha value is -0.580. The van der Waals surface area contributed by atoms with Crippen LogP contribution in [0, 0.1) is 0 Å². The van der Waals surface area contributed by atoms with Gasteiger partial charge >= 0.3 is 0 Å². The Morgan fingerprint density at radius 3 is 2.38 bits per heavy atom. The largest absolute Gasteiger partial charge is 0.394 e. The highest BCUT2D eigenvalue weighted by Gasteiger charge is 2.43. The van der Waals surface area contributed by atoms with Gasteiger partial charge in [0.25, 0.3) is 0 Å². The van der Waals surface area contributed by atoms with Crippen LogP contribution >= 0.6 is 0 Å². The van der Waals surface area contributed by atoms with Gasteiger partial charge in [-0.25, -0.2) is 0 Å². The lowest BCUT2D eigenvalue weighted by Gasteiger charge is -2.39. The summed E-state index contributed by atoms with van der Waals surface area (Å²) in [6, 6.07) is 0. The summed E-state index contributed by atoms with van der Waals surface area (Å²) in [7, 11) is 0. The van der Waals surface area contributed by atoms with Crippen molar-refractivity contribution < 1.29 is 40.1 Å². The lowest BCUT2D eigenvalue weighted by Crippen LogP contribution is -2.59. The van der Waals surface area contributed by atoms with Crippen molar-refractivity contribution in [1.82, 2.24) is 0 Å². The molecule has 0 saturated carbocycles. The zero-order valence-corrected chi connectivity index (χ0v) is 14.4. The minimum absolute atomic E-state index is 0.00804. The summed E-state index contributed by atoms with van der Waals surface area (Å²) in [5.74, 6) is 0. The molecule has 0 aromatic carbocycles. The van der Waals surface area contributed by atoms with Crippen LogP contribution in [0.25, 0.3) is 0 Å². The molecule has 1 saturated heterocycles. The van der Waals surface area contributed by atoms with Crippen LogP contribution in [-0.4, -0.2) is 86.3 Å². The molecule has 0 aromatic heterocycles. The molecule has 1 aliphatic rings. The SMILES string of the molecule is C/C(=C\CO[C@@H]1O[C@H](CO)[C@@H](O)[C@H](O)[C@H]1O)[C@@H](O)CCC(C)(C)O. The summed E-state index contributed by atoms with van der Waals surface area (Å²) in [6.45, 7) is 4.54. The van der Waals surface area contributed by atoms with Gasteiger partial charge in [0, 0.05) is 0 Å². The van der Waals surface area contributed by atoms with Gasteiger partial charge in [-0.3, -0.25) is 0 Å². The second-order valence-corrected chi connectivity index (χ2v) is 6.85. The number of hydrogen-bond donors (Lipinski definition) is 6. The lowest BCUT2D eigenvalue weighted by molar-refractivity contribution is -0.298. The molecule has 0 spiro atoms. The molecule has 1 rings (SSSR count). The van der Waals surface area contributed by atoms with Crippen LogP contribution in [0.4, 0.5) is 0 Å². The molecule has 0 radical (unpaired) electrons. The molecule has 0 amide bonds. The van der Waals surface area contributed by atoms with E-state index < -0.39 is 49.0 Å². The van der Waals surface area contributed by atoms with Gasteiger partial charge < -0.3 is 40.1 Å². The van der Waals surface area contributed by atoms with Crippen LogP contribution in [0.5, 0.6) is 0 Å². The van der Waals surface area contributed by atoms with E-state index in [-0.39, 0.29) is 6.61 Å². The van der Waals surface area contributed by atoms with Gasteiger partial charge in [0.05, 0.1) is 24.9 Å². The Kier molecular flexibility index (Phi) is 8.24. The van der Waals surface area contributed by atoms with Crippen molar-refractivity contribution in [3.05, 3.63) is 11.6 Å². The van der Waals surface area contributed by atoms with Crippen LogP contribution in [0.3, 0.4) is 0 Å². The molecular weight excluding hydrogens is 320 g/mol. The molecule has 8 heteroatoms. The number of hydrogen-bond acceptors (Lipinski definition) is 8. The van der Waals surface area contributed by atoms with E-state index in [1.165, 1.54) is 0 Å². The molecule has 0 bridgehead atoms. The number of ether oxygens (including phenoxy) is 2. The second-order valence-electron chi connectivity index (χ2n) is 6.85. The van der Waals surface area contributed by atoms with E-state index in [9.17, 15) is 25.5 Å². The minimum Gasteiger partial charge on any atom is -0.394 e. The molecule has 1 heterocycles. The molecule has 24 heavy (non-hydrogen) atoms. The number of aliphatic hydroxyl groups excluding tert-OH is 5. The number of aliphatic hydroxyl groups is 6. The zero-order chi connectivity index (χ0) is 18.5. The molecule has 8 nitrogen and oxygen atoms in total. The van der Waals surface area contributed by atoms with Gasteiger partial charge in [-0.15, -0.1) is 0 Å². The van der Waals surface area contributed by atoms with E-state index in [1.807, 2.05) is 0 Å². The van der Waals surface area contributed by atoms with Crippen LogP contribution in [0.15, 0.2) is 11.6 Å². The molecule has 6 atom stereocenters. The highest BCUT2D eigenvalue weighted by Crippen LogP contribution is 2.22. The predicted molar refractivity (Wildman–Crippen MR) is 85.0 cm³/mol. The Bertz CT molecular complexity index is 403. The minimum atomic E-state index is -1.48. The van der Waals surface area contributed by atoms with Gasteiger partial charge in [-0.05, 0) is 39.2 Å². The molecule has 0 aromatic rings. The highest BCUT2D eigenvalue weighted by molar-refractivity contribution is 5.05. The van der Waals surface area contributed by atoms with Crippen LogP contribution in [-0.2, 0) is 9.47 Å². The molecule has 0 unspecified atom stereocenters. The topological polar surface area (TPSA) is 140 Å². The fourth-order valence-corrected chi connectivity index (χ4v) is 2.33. The van der Waals surface area contributed by atoms with Crippen molar-refractivity contribution in [3.8, 4) is 0 Å². The van der Waals surface area contributed by atoms with Gasteiger partial charge in [0.15, 0.2) is 6.29 Å². The zero-order valence-electron chi connectivity index (χ0n) is 14.4. The number of rotatable bonds is 8. The molecule has 142 valence electrons. The van der Waals surface area contributed by atoms with Gasteiger partial charge in [-0.2, -0.15) is 0 Å². The van der Waals surface area contributed by atoms with Gasteiger partial charge in [-0.1, -0.05) is 6.08 Å². The molecule has 1 fully saturated rings. The standard InChI is InChI=1S/C16H30O8/c1-9(10(18)4-6-16(2,3)22)5-7-23-15-14(21)13(20)12(19)11(8-17)24-15/h5,10-15,17-22H,4,6-8H2,1-3H3/b9-5+/t10-,11+,12+,13-,14+,15+/m0/s1. The fraction of sp³-hybridized carbons (Fsp3) is 0.875. The van der Waals surface area contributed by atoms with Crippen molar-refractivity contribution in [2.75, 3.05) is 13.2 Å². The summed E-state index contributed by atoms with van der Waals surface area (Å²) in [5.41, 5.74) is -0.211. The summed E-state index contributed by atoms with van der Waals surface area (Å²) in [4.78, 5) is 0. The quantitative estimate of drug-likeness (QED) is 0.296. The van der Waals surface area contributed by atoms with E-state index in [1.54, 1.807) is 26.8 Å². The Morgan fingerprint density at radius 1 is 1.21 bits per heavy atom. The average Bonchev–Trinajstić information content (AvgIpc) is 2.51. The first kappa shape index (κ1) is 21.5. The summed E-state index contributed by atoms with van der Waals surface area (Å²) >= 11 is 0. The first-order chi connectivity index (χ1) is 11.1. The first-order valence-electron chi connectivity index (χ1n) is 8.06. The third kappa shape index (κ3) is 6.38. The second kappa shape index (κ2) is 9.21. The Labute approximate surface area is 142 Å². The third-order valence-electron chi connectivity index (χ3n) is 4.07. The molecule has 0 aliphatic carbocycles. The average molecular weight is 350 g/mol. The maximum atomic E-state index is 10.0. The Morgan fingerprint density at radius 2 is 1.83 bits per heavy atom. The monoisotopic (exact) mass is 350 g/mol. The normalized spacial score (nSPS) is 33.5. The summed E-state index contributed by atoms with van der Waals surface area (Å²) in [6.07, 6.45) is -4.86. The predicted octanol–water partition coefficient (Wildman–Crippen LogP) is -1.34. The fourth-order valence-electron chi connectivity index (χ4n) is 2.33. The van der Waals surface area contributed by atoms with E-state index in [0.29, 0.717) is 18.4 Å². The third-order valence-corrected chi connectivity index (χ3v) is 4.07. The van der Waals surface area contributed by atoms with Crippen molar-refractivity contribution >= 4 is 0 Å². The van der Waals surface area contributed by atoms with Crippen molar-refractivity contribution in [3.63, 3.8) is 0 Å². The van der Waals surface area contributed by atoms with E-state index in [2.05, 4.69) is 0 Å². The van der Waals surface area contributed by atoms with Crippen molar-refractivity contribution in [2.45, 2.75) is 76.0 Å². The van der Waals surface area contributed by atoms with Crippen LogP contribution in [0.1, 0.15) is 33.6 Å². The van der Waals surface area contributed by atoms with Crippen LogP contribution in [0.2, 0.25) is 0 Å². The Balaban J connectivity index is 2.49. The maximum absolute atomic E-state index is 10.0. The van der Waals surface area contributed by atoms with Crippen LogP contribution < -0.4 is 0 Å². The smallest absolute Gasteiger partial charge is 0.187 e. The van der Waals surface area contributed by atoms with E-state index >= 15 is 0 Å². The first-order valence-corrected chi connectivity index (χ1v) is 8.06. The lowest BCUT2D eigenvalue weighted by atomic mass is 9.97. The molecular formula is C16H30O8. The highest BCUT2D eigenvalue weighted by atomic mass is 16.7. The van der Waals surface area contributed by atoms with Crippen molar-refractivity contribution in [2.24, 2.45) is 0 Å². The van der Waals surface area contributed by atoms with Gasteiger partial charge in [0.2, 0.25) is 0 Å². The van der Waals surface area contributed by atoms with Gasteiger partial charge in [0.1, 0.15) is 24.4 Å². The molecule has 6 N–H and O–H groups in total. The summed E-state index contributed by atoms with van der Waals surface area (Å²) in [5, 5.41) is 57.9.